The minimum Gasteiger partial charge on any atom is -0.422 e. The van der Waals surface area contributed by atoms with Crippen LogP contribution in [-0.4, -0.2) is 77.5 Å². The minimum atomic E-state index is -3.61. The predicted molar refractivity (Wildman–Crippen MR) is 146 cm³/mol. The van der Waals surface area contributed by atoms with Crippen molar-refractivity contribution in [1.29, 1.82) is 0 Å². The van der Waals surface area contributed by atoms with Gasteiger partial charge in [0.1, 0.15) is 23.0 Å². The van der Waals surface area contributed by atoms with Crippen LogP contribution in [0.15, 0.2) is 45.6 Å². The number of amides is 1. The normalized spacial score (nSPS) is 14.4. The fourth-order valence-corrected chi connectivity index (χ4v) is 4.77. The van der Waals surface area contributed by atoms with Gasteiger partial charge >= 0.3 is 11.7 Å². The molecular weight excluding hydrogens is 529 g/mol. The molecule has 3 N–H and O–H groups in total. The van der Waals surface area contributed by atoms with Gasteiger partial charge in [-0.3, -0.25) is 4.90 Å². The first-order chi connectivity index (χ1) is 18.6. The van der Waals surface area contributed by atoms with Crippen LogP contribution in [0.4, 0.5) is 14.9 Å². The summed E-state index contributed by atoms with van der Waals surface area (Å²) in [5.41, 5.74) is 0.853. The number of hydrogen-bond acceptors (Lipinski definition) is 9. The number of halogens is 1. The number of rotatable bonds is 9. The van der Waals surface area contributed by atoms with E-state index >= 15 is 4.39 Å². The van der Waals surface area contributed by atoms with Gasteiger partial charge in [0.2, 0.25) is 10.0 Å². The summed E-state index contributed by atoms with van der Waals surface area (Å²) in [6.45, 7) is 3.59. The minimum absolute atomic E-state index is 0.00695. The van der Waals surface area contributed by atoms with Crippen LogP contribution in [0, 0.1) is 5.82 Å². The van der Waals surface area contributed by atoms with Crippen LogP contribution in [0.2, 0.25) is 0 Å². The Hall–Kier alpha value is -3.52. The molecule has 11 nitrogen and oxygen atoms in total. The Bertz CT molecular complexity index is 1520. The highest BCUT2D eigenvalue weighted by molar-refractivity contribution is 7.89. The maximum absolute atomic E-state index is 15.4. The Kier molecular flexibility index (Phi) is 8.85. The number of carbonyl (C=O) groups excluding carboxylic acids is 1. The molecule has 1 aromatic heterocycles. The van der Waals surface area contributed by atoms with E-state index in [2.05, 4.69) is 20.3 Å². The van der Waals surface area contributed by atoms with Gasteiger partial charge in [-0.05, 0) is 36.4 Å². The van der Waals surface area contributed by atoms with E-state index in [1.54, 1.807) is 38.4 Å². The van der Waals surface area contributed by atoms with Gasteiger partial charge in [0.15, 0.2) is 0 Å². The molecule has 0 unspecified atom stereocenters. The zero-order chi connectivity index (χ0) is 28.2. The Morgan fingerprint density at radius 2 is 1.92 bits per heavy atom. The summed E-state index contributed by atoms with van der Waals surface area (Å²) >= 11 is 0. The molecule has 1 aliphatic heterocycles. The van der Waals surface area contributed by atoms with E-state index < -0.39 is 33.4 Å². The summed E-state index contributed by atoms with van der Waals surface area (Å²) in [5.74, 6) is -0.925. The highest BCUT2D eigenvalue weighted by Crippen LogP contribution is 2.29. The van der Waals surface area contributed by atoms with Crippen LogP contribution in [0.3, 0.4) is 0 Å². The molecule has 0 spiro atoms. The summed E-state index contributed by atoms with van der Waals surface area (Å²) in [6.07, 6.45) is -0.627. The Morgan fingerprint density at radius 1 is 1.18 bits per heavy atom. The van der Waals surface area contributed by atoms with Crippen molar-refractivity contribution in [3.8, 4) is 5.75 Å². The molecule has 2 aromatic carbocycles. The smallest absolute Gasteiger partial charge is 0.414 e. The number of sulfonamides is 1. The molecular formula is C26H32FN5O6S. The van der Waals surface area contributed by atoms with Crippen LogP contribution in [0.5, 0.6) is 5.75 Å². The SMILES string of the molecule is CNS(=O)(=O)CNc1cccc(Cc2c(CN3CCNCC3)c3ccc(OC(=O)N(C)C)cc3oc2=O)c1F. The second kappa shape index (κ2) is 12.1. The predicted octanol–water partition coefficient (Wildman–Crippen LogP) is 1.91. The second-order valence-electron chi connectivity index (χ2n) is 9.39. The van der Waals surface area contributed by atoms with Gasteiger partial charge in [-0.15, -0.1) is 0 Å². The van der Waals surface area contributed by atoms with E-state index in [-0.39, 0.29) is 29.0 Å². The number of carbonyl (C=O) groups is 1. The van der Waals surface area contributed by atoms with Gasteiger partial charge in [0, 0.05) is 70.3 Å². The molecule has 3 aromatic rings. The zero-order valence-electron chi connectivity index (χ0n) is 22.0. The Labute approximate surface area is 226 Å². The number of ether oxygens (including phenoxy) is 1. The summed E-state index contributed by atoms with van der Waals surface area (Å²) in [4.78, 5) is 28.8. The first-order valence-corrected chi connectivity index (χ1v) is 14.1. The standard InChI is InChI=1S/C26H32FN5O6S/c1-28-39(35,36)16-30-22-6-4-5-17(24(22)27)13-20-21(15-32-11-9-29-10-12-32)19-8-7-18(37-26(34)31(2)3)14-23(19)38-25(20)33/h4-8,14,28-30H,9-13,15-16H2,1-3H3. The Morgan fingerprint density at radius 3 is 2.62 bits per heavy atom. The highest BCUT2D eigenvalue weighted by Gasteiger charge is 2.22. The zero-order valence-corrected chi connectivity index (χ0v) is 22.9. The fourth-order valence-electron chi connectivity index (χ4n) is 4.28. The van der Waals surface area contributed by atoms with Crippen molar-refractivity contribution >= 4 is 32.8 Å². The molecule has 0 radical (unpaired) electrons. The number of benzene rings is 2. The van der Waals surface area contributed by atoms with Crippen LogP contribution in [0.25, 0.3) is 11.0 Å². The third-order valence-corrected chi connectivity index (χ3v) is 7.61. The second-order valence-corrected chi connectivity index (χ2v) is 11.3. The molecule has 1 fully saturated rings. The van der Waals surface area contributed by atoms with Crippen LogP contribution >= 0.6 is 0 Å². The van der Waals surface area contributed by atoms with E-state index in [4.69, 9.17) is 9.15 Å². The Balaban J connectivity index is 1.74. The van der Waals surface area contributed by atoms with Crippen molar-refractivity contribution < 1.29 is 26.8 Å². The van der Waals surface area contributed by atoms with Crippen molar-refractivity contribution in [2.45, 2.75) is 13.0 Å². The maximum Gasteiger partial charge on any atom is 0.414 e. The number of hydrogen-bond donors (Lipinski definition) is 3. The number of fused-ring (bicyclic) bond motifs is 1. The molecule has 4 rings (SSSR count). The lowest BCUT2D eigenvalue weighted by Crippen LogP contribution is -2.43. The summed E-state index contributed by atoms with van der Waals surface area (Å²) < 4.78 is 52.1. The first-order valence-electron chi connectivity index (χ1n) is 12.4. The van der Waals surface area contributed by atoms with E-state index in [1.165, 1.54) is 24.1 Å². The quantitative estimate of drug-likeness (QED) is 0.335. The molecule has 0 aliphatic carbocycles. The number of anilines is 1. The van der Waals surface area contributed by atoms with Crippen molar-refractivity contribution in [1.82, 2.24) is 19.8 Å². The van der Waals surface area contributed by atoms with Gasteiger partial charge < -0.3 is 24.7 Å². The molecule has 1 amide bonds. The van der Waals surface area contributed by atoms with Gasteiger partial charge in [0.05, 0.1) is 5.69 Å². The summed E-state index contributed by atoms with van der Waals surface area (Å²) in [5, 5.41) is 6.55. The van der Waals surface area contributed by atoms with Crippen molar-refractivity contribution in [2.75, 3.05) is 58.5 Å². The fraction of sp³-hybridized carbons (Fsp3) is 0.385. The molecule has 39 heavy (non-hydrogen) atoms. The van der Waals surface area contributed by atoms with Crippen molar-refractivity contribution in [3.05, 3.63) is 69.3 Å². The van der Waals surface area contributed by atoms with E-state index in [1.807, 2.05) is 0 Å². The average Bonchev–Trinajstić information content (AvgIpc) is 2.91. The largest absolute Gasteiger partial charge is 0.422 e. The number of nitrogens with one attached hydrogen (secondary N) is 3. The van der Waals surface area contributed by atoms with Gasteiger partial charge in [-0.1, -0.05) is 12.1 Å². The van der Waals surface area contributed by atoms with E-state index in [0.717, 1.165) is 26.2 Å². The molecule has 0 saturated carbocycles. The third kappa shape index (κ3) is 6.92. The average molecular weight is 562 g/mol. The number of piperazine rings is 1. The van der Waals surface area contributed by atoms with Crippen LogP contribution in [0.1, 0.15) is 16.7 Å². The summed E-state index contributed by atoms with van der Waals surface area (Å²) in [7, 11) is 0.782. The lowest BCUT2D eigenvalue weighted by molar-refractivity contribution is 0.172. The highest BCUT2D eigenvalue weighted by atomic mass is 32.2. The molecule has 0 bridgehead atoms. The summed E-state index contributed by atoms with van der Waals surface area (Å²) in [6, 6.07) is 9.43. The van der Waals surface area contributed by atoms with Crippen LogP contribution < -0.4 is 25.7 Å². The molecule has 13 heteroatoms. The topological polar surface area (TPSA) is 133 Å². The van der Waals surface area contributed by atoms with Crippen molar-refractivity contribution in [2.24, 2.45) is 0 Å². The first kappa shape index (κ1) is 28.5. The van der Waals surface area contributed by atoms with Crippen molar-refractivity contribution in [3.63, 3.8) is 0 Å². The molecule has 210 valence electrons. The third-order valence-electron chi connectivity index (χ3n) is 6.46. The van der Waals surface area contributed by atoms with Gasteiger partial charge in [-0.25, -0.2) is 27.1 Å². The molecule has 1 saturated heterocycles. The lowest BCUT2D eigenvalue weighted by atomic mass is 9.97. The number of nitrogens with zero attached hydrogens (tertiary/aromatic N) is 2. The van der Waals surface area contributed by atoms with E-state index in [0.29, 0.717) is 23.1 Å². The van der Waals surface area contributed by atoms with Gasteiger partial charge in [0.25, 0.3) is 0 Å². The van der Waals surface area contributed by atoms with Gasteiger partial charge in [-0.2, -0.15) is 0 Å². The lowest BCUT2D eigenvalue weighted by Gasteiger charge is -2.28. The molecule has 2 heterocycles. The van der Waals surface area contributed by atoms with Crippen LogP contribution in [-0.2, 0) is 23.0 Å². The molecule has 0 atom stereocenters. The van der Waals surface area contributed by atoms with E-state index in [9.17, 15) is 18.0 Å². The monoisotopic (exact) mass is 561 g/mol. The maximum atomic E-state index is 15.4. The molecule has 1 aliphatic rings.